The van der Waals surface area contributed by atoms with Crippen molar-refractivity contribution >= 4 is 23.2 Å². The summed E-state index contributed by atoms with van der Waals surface area (Å²) in [7, 11) is 1.77. The Balaban J connectivity index is 1.26. The van der Waals surface area contributed by atoms with Gasteiger partial charge in [-0.1, -0.05) is 41.9 Å². The number of alkyl halides is 3. The Kier molecular flexibility index (Phi) is 7.62. The number of benzene rings is 3. The van der Waals surface area contributed by atoms with Crippen LogP contribution < -0.4 is 4.90 Å². The van der Waals surface area contributed by atoms with Gasteiger partial charge in [0.05, 0.1) is 11.0 Å². The molecule has 0 radical (unpaired) electrons. The van der Waals surface area contributed by atoms with E-state index in [0.29, 0.717) is 49.9 Å². The number of amides is 1. The van der Waals surface area contributed by atoms with Crippen LogP contribution in [0, 0.1) is 11.7 Å². The minimum atomic E-state index is -4.37. The molecule has 1 aliphatic heterocycles. The third-order valence-corrected chi connectivity index (χ3v) is 8.17. The highest BCUT2D eigenvalue weighted by molar-refractivity contribution is 6.30. The van der Waals surface area contributed by atoms with Crippen LogP contribution in [0.4, 0.5) is 23.2 Å². The van der Waals surface area contributed by atoms with Crippen LogP contribution in [0.5, 0.6) is 0 Å². The molecule has 1 heterocycles. The Labute approximate surface area is 230 Å². The third-order valence-electron chi connectivity index (χ3n) is 7.92. The number of anilines is 1. The van der Waals surface area contributed by atoms with E-state index in [4.69, 9.17) is 11.6 Å². The van der Waals surface area contributed by atoms with E-state index >= 15 is 0 Å². The lowest BCUT2D eigenvalue weighted by Gasteiger charge is -2.37. The lowest BCUT2D eigenvalue weighted by atomic mass is 9.91. The molecule has 1 amide bonds. The molecule has 2 aliphatic rings. The van der Waals surface area contributed by atoms with Crippen LogP contribution in [-0.4, -0.2) is 55.5 Å². The highest BCUT2D eigenvalue weighted by Crippen LogP contribution is 2.56. The second-order valence-electron chi connectivity index (χ2n) is 10.5. The number of carbonyl (C=O) groups excluding carboxylic acids is 1. The molecule has 4 nitrogen and oxygen atoms in total. The fourth-order valence-electron chi connectivity index (χ4n) is 5.69. The summed E-state index contributed by atoms with van der Waals surface area (Å²) in [6, 6.07) is 19.0. The van der Waals surface area contributed by atoms with Gasteiger partial charge in [0.1, 0.15) is 5.82 Å². The molecule has 3 aromatic carbocycles. The van der Waals surface area contributed by atoms with Gasteiger partial charge >= 0.3 is 6.18 Å². The largest absolute Gasteiger partial charge is 0.416 e. The zero-order chi connectivity index (χ0) is 27.8. The van der Waals surface area contributed by atoms with Gasteiger partial charge < -0.3 is 9.80 Å². The highest BCUT2D eigenvalue weighted by atomic mass is 35.5. The Morgan fingerprint density at radius 2 is 1.67 bits per heavy atom. The van der Waals surface area contributed by atoms with Gasteiger partial charge in [-0.3, -0.25) is 9.69 Å². The van der Waals surface area contributed by atoms with Gasteiger partial charge in [0.2, 0.25) is 5.91 Å². The van der Waals surface area contributed by atoms with Crippen LogP contribution in [0.3, 0.4) is 0 Å². The summed E-state index contributed by atoms with van der Waals surface area (Å²) < 4.78 is 52.8. The van der Waals surface area contributed by atoms with E-state index in [1.807, 2.05) is 17.0 Å². The first-order valence-corrected chi connectivity index (χ1v) is 13.3. The SMILES string of the molecule is CN(Cc1ccc(F)cc1)C(=O)C1(c2ccc(Cl)cc2)CC1CN1CCN(c2cccc(C(F)(F)F)c2)CC1. The predicted octanol–water partition coefficient (Wildman–Crippen LogP) is 6.24. The maximum absolute atomic E-state index is 13.9. The molecule has 1 aliphatic carbocycles. The van der Waals surface area contributed by atoms with Crippen LogP contribution in [0.25, 0.3) is 0 Å². The van der Waals surface area contributed by atoms with Crippen molar-refractivity contribution in [2.75, 3.05) is 44.7 Å². The van der Waals surface area contributed by atoms with E-state index in [0.717, 1.165) is 23.7 Å². The second-order valence-corrected chi connectivity index (χ2v) is 10.9. The number of hydrogen-bond acceptors (Lipinski definition) is 3. The summed E-state index contributed by atoms with van der Waals surface area (Å²) in [6.07, 6.45) is -3.67. The number of nitrogens with zero attached hydrogens (tertiary/aromatic N) is 3. The van der Waals surface area contributed by atoms with Gasteiger partial charge in [0, 0.05) is 57.0 Å². The fraction of sp³-hybridized carbons (Fsp3) is 0.367. The van der Waals surface area contributed by atoms with Crippen LogP contribution in [0.1, 0.15) is 23.1 Å². The Morgan fingerprint density at radius 1 is 1.00 bits per heavy atom. The maximum atomic E-state index is 13.9. The molecule has 0 aromatic heterocycles. The number of likely N-dealkylation sites (N-methyl/N-ethyl adjacent to an activating group) is 1. The molecule has 2 fully saturated rings. The minimum Gasteiger partial charge on any atom is -0.369 e. The van der Waals surface area contributed by atoms with Crippen molar-refractivity contribution in [1.82, 2.24) is 9.80 Å². The van der Waals surface area contributed by atoms with Crippen molar-refractivity contribution in [3.8, 4) is 0 Å². The summed E-state index contributed by atoms with van der Waals surface area (Å²) in [4.78, 5) is 19.9. The Morgan fingerprint density at radius 3 is 2.31 bits per heavy atom. The smallest absolute Gasteiger partial charge is 0.369 e. The van der Waals surface area contributed by atoms with Gasteiger partial charge in [-0.2, -0.15) is 13.2 Å². The summed E-state index contributed by atoms with van der Waals surface area (Å²) in [5.41, 5.74) is 1.04. The molecule has 39 heavy (non-hydrogen) atoms. The normalized spacial score (nSPS) is 21.6. The van der Waals surface area contributed by atoms with E-state index in [1.165, 1.54) is 24.3 Å². The maximum Gasteiger partial charge on any atom is 0.416 e. The van der Waals surface area contributed by atoms with Gasteiger partial charge in [-0.15, -0.1) is 0 Å². The molecule has 0 N–H and O–H groups in total. The summed E-state index contributed by atoms with van der Waals surface area (Å²) in [6.45, 7) is 3.71. The second kappa shape index (κ2) is 10.8. The minimum absolute atomic E-state index is 0.0155. The van der Waals surface area contributed by atoms with E-state index in [9.17, 15) is 22.4 Å². The lowest BCUT2D eigenvalue weighted by molar-refractivity contribution is -0.137. The molecular weight excluding hydrogens is 530 g/mol. The van der Waals surface area contributed by atoms with Crippen molar-refractivity contribution in [3.05, 3.63) is 100 Å². The predicted molar refractivity (Wildman–Crippen MR) is 144 cm³/mol. The Hall–Kier alpha value is -3.10. The molecule has 206 valence electrons. The van der Waals surface area contributed by atoms with Gasteiger partial charge in [0.15, 0.2) is 0 Å². The van der Waals surface area contributed by atoms with E-state index in [2.05, 4.69) is 4.90 Å². The number of rotatable bonds is 7. The monoisotopic (exact) mass is 559 g/mol. The standard InChI is InChI=1S/C30H30ClF4N3O/c1-36(19-21-5-11-26(32)12-6-21)28(39)29(22-7-9-25(31)10-8-22)18-24(29)20-37-13-15-38(16-14-37)27-4-2-3-23(17-27)30(33,34)35/h2-12,17,24H,13-16,18-20H2,1H3. The number of halogens is 5. The van der Waals surface area contributed by atoms with Crippen molar-refractivity contribution < 1.29 is 22.4 Å². The van der Waals surface area contributed by atoms with Crippen molar-refractivity contribution in [2.24, 2.45) is 5.92 Å². The van der Waals surface area contributed by atoms with Crippen molar-refractivity contribution in [3.63, 3.8) is 0 Å². The zero-order valence-corrected chi connectivity index (χ0v) is 22.4. The lowest BCUT2D eigenvalue weighted by Crippen LogP contribution is -2.48. The highest BCUT2D eigenvalue weighted by Gasteiger charge is 2.61. The van der Waals surface area contributed by atoms with Crippen LogP contribution in [0.2, 0.25) is 5.02 Å². The molecule has 9 heteroatoms. The van der Waals surface area contributed by atoms with Crippen LogP contribution >= 0.6 is 11.6 Å². The van der Waals surface area contributed by atoms with Crippen molar-refractivity contribution in [1.29, 1.82) is 0 Å². The average molecular weight is 560 g/mol. The molecule has 5 rings (SSSR count). The number of hydrogen-bond donors (Lipinski definition) is 0. The molecular formula is C30H30ClF4N3O. The topological polar surface area (TPSA) is 26.8 Å². The first-order chi connectivity index (χ1) is 18.6. The van der Waals surface area contributed by atoms with Crippen molar-refractivity contribution in [2.45, 2.75) is 24.6 Å². The number of piperazine rings is 1. The van der Waals surface area contributed by atoms with Crippen LogP contribution in [-0.2, 0) is 22.9 Å². The molecule has 2 atom stereocenters. The molecule has 0 spiro atoms. The van der Waals surface area contributed by atoms with E-state index in [-0.39, 0.29) is 17.6 Å². The molecule has 3 aromatic rings. The summed E-state index contributed by atoms with van der Waals surface area (Å²) in [5.74, 6) is -0.204. The number of carbonyl (C=O) groups is 1. The average Bonchev–Trinajstić information content (AvgIpc) is 3.64. The van der Waals surface area contributed by atoms with Gasteiger partial charge in [-0.05, 0) is 65.9 Å². The Bertz CT molecular complexity index is 1310. The summed E-state index contributed by atoms with van der Waals surface area (Å²) >= 11 is 6.13. The molecule has 1 saturated carbocycles. The quantitative estimate of drug-likeness (QED) is 0.321. The third kappa shape index (κ3) is 5.92. The molecule has 2 unspecified atom stereocenters. The zero-order valence-electron chi connectivity index (χ0n) is 21.6. The van der Waals surface area contributed by atoms with Gasteiger partial charge in [-0.25, -0.2) is 4.39 Å². The molecule has 0 bridgehead atoms. The van der Waals surface area contributed by atoms with E-state index in [1.54, 1.807) is 42.3 Å². The van der Waals surface area contributed by atoms with E-state index < -0.39 is 17.2 Å². The first kappa shape index (κ1) is 27.5. The molecule has 1 saturated heterocycles. The van der Waals surface area contributed by atoms with Crippen LogP contribution in [0.15, 0.2) is 72.8 Å². The summed E-state index contributed by atoms with van der Waals surface area (Å²) in [5, 5.41) is 0.601. The fourth-order valence-corrected chi connectivity index (χ4v) is 5.82. The van der Waals surface area contributed by atoms with Gasteiger partial charge in [0.25, 0.3) is 0 Å². The first-order valence-electron chi connectivity index (χ1n) is 13.0.